The molecule has 0 aromatic heterocycles. The van der Waals surface area contributed by atoms with Crippen molar-refractivity contribution in [2.75, 3.05) is 47.5 Å². The minimum Gasteiger partial charge on any atom is -0.461 e. The summed E-state index contributed by atoms with van der Waals surface area (Å²) in [6.07, 6.45) is 77.7. The van der Waals surface area contributed by atoms with Gasteiger partial charge in [0.15, 0.2) is 6.10 Å². The fourth-order valence-corrected chi connectivity index (χ4v) is 7.20. The van der Waals surface area contributed by atoms with Crippen LogP contribution < -0.4 is 0 Å². The van der Waals surface area contributed by atoms with Gasteiger partial charge in [-0.2, -0.15) is 0 Å². The number of hydrogen-bond acceptors (Lipinski definition) is 7. The minimum absolute atomic E-state index is 0.00700. The SMILES string of the molecule is CC/C=C\C/C=C\C/C=C\C/C=C\C/C=C\C/C=C\C/C=C\C/C=C\CCCCCCCCCCC(=O)OC(COC(=O)C/C=C\C/C=C\C/C=C\C/C=C\C/C=C\CC)COP(=O)(O)OCC[N+](C)(C)C. The highest BCUT2D eigenvalue weighted by Crippen LogP contribution is 2.43. The van der Waals surface area contributed by atoms with E-state index >= 15 is 0 Å². The van der Waals surface area contributed by atoms with E-state index in [1.807, 2.05) is 33.3 Å². The Balaban J connectivity index is 4.29. The molecular weight excluding hydrogens is 918 g/mol. The highest BCUT2D eigenvalue weighted by molar-refractivity contribution is 7.47. The normalized spacial score (nSPS) is 14.6. The maximum atomic E-state index is 12.8. The molecule has 0 fully saturated rings. The summed E-state index contributed by atoms with van der Waals surface area (Å²) in [6.45, 7) is 4.04. The predicted octanol–water partition coefficient (Wildman–Crippen LogP) is 16.9. The molecule has 0 heterocycles. The van der Waals surface area contributed by atoms with Crippen LogP contribution in [-0.4, -0.2) is 74.9 Å². The van der Waals surface area contributed by atoms with Crippen LogP contribution in [-0.2, 0) is 32.7 Å². The number of esters is 2. The van der Waals surface area contributed by atoms with Crippen molar-refractivity contribution in [3.63, 3.8) is 0 Å². The monoisotopic (exact) mass is 1020 g/mol. The minimum atomic E-state index is -4.42. The summed E-state index contributed by atoms with van der Waals surface area (Å²) in [6, 6.07) is 0. The second-order valence-electron chi connectivity index (χ2n) is 18.5. The Hall–Kier alpha value is -4.37. The summed E-state index contributed by atoms with van der Waals surface area (Å²) < 4.78 is 34.3. The number of likely N-dealkylation sites (N-methyl/N-ethyl adjacent to an activating group) is 1. The number of allylic oxidation sites excluding steroid dienone is 25. The van der Waals surface area contributed by atoms with Gasteiger partial charge in [-0.3, -0.25) is 18.6 Å². The molecule has 0 radical (unpaired) electrons. The third-order valence-electron chi connectivity index (χ3n) is 10.6. The van der Waals surface area contributed by atoms with Crippen LogP contribution in [0.2, 0.25) is 0 Å². The van der Waals surface area contributed by atoms with Gasteiger partial charge in [-0.1, -0.05) is 210 Å². The summed E-state index contributed by atoms with van der Waals surface area (Å²) in [5.41, 5.74) is 0. The number of rotatable bonds is 47. The highest BCUT2D eigenvalue weighted by atomic mass is 31.2. The van der Waals surface area contributed by atoms with Crippen LogP contribution in [0.15, 0.2) is 158 Å². The van der Waals surface area contributed by atoms with E-state index in [4.69, 9.17) is 18.5 Å². The van der Waals surface area contributed by atoms with Gasteiger partial charge in [0.25, 0.3) is 0 Å². The first kappa shape index (κ1) is 67.6. The van der Waals surface area contributed by atoms with E-state index in [1.165, 1.54) is 25.7 Å². The molecule has 0 aliphatic rings. The van der Waals surface area contributed by atoms with E-state index in [0.29, 0.717) is 23.9 Å². The fourth-order valence-electron chi connectivity index (χ4n) is 6.45. The van der Waals surface area contributed by atoms with Gasteiger partial charge >= 0.3 is 19.8 Å². The van der Waals surface area contributed by atoms with Crippen molar-refractivity contribution in [3.8, 4) is 0 Å². The molecule has 0 aliphatic carbocycles. The Labute approximate surface area is 439 Å². The van der Waals surface area contributed by atoms with E-state index < -0.39 is 32.5 Å². The van der Waals surface area contributed by atoms with Crippen LogP contribution in [0.4, 0.5) is 0 Å². The fraction of sp³-hybridized carbons (Fsp3) is 0.548. The summed E-state index contributed by atoms with van der Waals surface area (Å²) >= 11 is 0. The molecule has 72 heavy (non-hydrogen) atoms. The number of ether oxygens (including phenoxy) is 2. The Morgan fingerprint density at radius 1 is 0.444 bits per heavy atom. The Morgan fingerprint density at radius 2 is 0.792 bits per heavy atom. The van der Waals surface area contributed by atoms with E-state index in [1.54, 1.807) is 6.08 Å². The standard InChI is InChI=1S/C62H98NO8P/c1-6-8-10-12-14-16-18-20-22-23-24-25-26-27-28-29-30-31-32-33-34-35-36-37-38-39-41-43-45-47-49-51-53-55-62(65)71-60(59-70-72(66,67)69-57-56-63(3,4)5)58-68-61(64)54-52-50-48-46-44-42-40-21-19-17-15-13-11-9-7-2/h8-11,14-17,20-22,24-25,27-28,30-31,33-34,36-37,40,44,46,50,52,60H,6-7,12-13,18-19,23,26,29,32,35,38-39,41-43,45,47-49,51,53-59H2,1-5H3/p+1/b10-8-,11-9-,16-14-,17-15-,22-20-,25-24-,28-27-,31-30-,34-33-,37-36-,40-21-,46-44-,52-50-. The zero-order chi connectivity index (χ0) is 52.7. The predicted molar refractivity (Wildman–Crippen MR) is 306 cm³/mol. The molecule has 0 saturated heterocycles. The molecule has 2 atom stereocenters. The maximum absolute atomic E-state index is 12.8. The number of phosphoric acid groups is 1. The van der Waals surface area contributed by atoms with Gasteiger partial charge in [-0.15, -0.1) is 0 Å². The first-order valence-corrected chi connectivity index (χ1v) is 28.7. The third kappa shape index (κ3) is 55.0. The van der Waals surface area contributed by atoms with Crippen molar-refractivity contribution >= 4 is 19.8 Å². The van der Waals surface area contributed by atoms with Crippen LogP contribution in [0, 0.1) is 0 Å². The van der Waals surface area contributed by atoms with Crippen molar-refractivity contribution < 1.29 is 42.1 Å². The average molecular weight is 1020 g/mol. The number of carbonyl (C=O) groups excluding carboxylic acids is 2. The van der Waals surface area contributed by atoms with Crippen molar-refractivity contribution in [1.29, 1.82) is 0 Å². The van der Waals surface area contributed by atoms with Crippen LogP contribution in [0.3, 0.4) is 0 Å². The lowest BCUT2D eigenvalue weighted by Gasteiger charge is -2.24. The van der Waals surface area contributed by atoms with E-state index in [0.717, 1.165) is 103 Å². The molecular formula is C62H99NO8P+. The summed E-state index contributed by atoms with van der Waals surface area (Å²) in [5, 5.41) is 0. The number of nitrogens with zero attached hydrogens (tertiary/aromatic N) is 1. The van der Waals surface area contributed by atoms with Crippen molar-refractivity contribution in [2.24, 2.45) is 0 Å². The number of carbonyl (C=O) groups is 2. The van der Waals surface area contributed by atoms with E-state index in [9.17, 15) is 19.0 Å². The van der Waals surface area contributed by atoms with Gasteiger partial charge in [0.2, 0.25) is 0 Å². The summed E-state index contributed by atoms with van der Waals surface area (Å²) in [7, 11) is 1.40. The Bertz CT molecular complexity index is 1770. The van der Waals surface area contributed by atoms with Crippen LogP contribution in [0.5, 0.6) is 0 Å². The molecule has 1 N–H and O–H groups in total. The Kier molecular flexibility index (Phi) is 48.4. The van der Waals surface area contributed by atoms with Crippen molar-refractivity contribution in [3.05, 3.63) is 158 Å². The smallest absolute Gasteiger partial charge is 0.461 e. The van der Waals surface area contributed by atoms with Crippen molar-refractivity contribution in [2.45, 2.75) is 174 Å². The van der Waals surface area contributed by atoms with Gasteiger partial charge in [0.05, 0.1) is 34.2 Å². The van der Waals surface area contributed by atoms with Crippen LogP contribution in [0.25, 0.3) is 0 Å². The van der Waals surface area contributed by atoms with Crippen LogP contribution in [0.1, 0.15) is 168 Å². The average Bonchev–Trinajstić information content (AvgIpc) is 3.34. The zero-order valence-electron chi connectivity index (χ0n) is 45.6. The molecule has 0 aromatic carbocycles. The largest absolute Gasteiger partial charge is 0.472 e. The summed E-state index contributed by atoms with van der Waals surface area (Å²) in [5.74, 6) is -0.971. The van der Waals surface area contributed by atoms with Crippen LogP contribution >= 0.6 is 7.82 Å². The first-order valence-electron chi connectivity index (χ1n) is 27.2. The molecule has 0 amide bonds. The quantitative estimate of drug-likeness (QED) is 0.0211. The number of phosphoric ester groups is 1. The molecule has 0 aromatic rings. The molecule has 0 aliphatic heterocycles. The van der Waals surface area contributed by atoms with E-state index in [2.05, 4.69) is 154 Å². The Morgan fingerprint density at radius 3 is 1.18 bits per heavy atom. The molecule has 404 valence electrons. The second-order valence-corrected chi connectivity index (χ2v) is 20.0. The molecule has 0 saturated carbocycles. The van der Waals surface area contributed by atoms with Gasteiger partial charge in [-0.25, -0.2) is 4.57 Å². The highest BCUT2D eigenvalue weighted by Gasteiger charge is 2.27. The molecule has 0 rings (SSSR count). The van der Waals surface area contributed by atoms with Gasteiger partial charge in [0.1, 0.15) is 19.8 Å². The lowest BCUT2D eigenvalue weighted by molar-refractivity contribution is -0.870. The zero-order valence-corrected chi connectivity index (χ0v) is 46.5. The molecule has 0 spiro atoms. The second kappa shape index (κ2) is 51.5. The first-order chi connectivity index (χ1) is 35.0. The lowest BCUT2D eigenvalue weighted by Crippen LogP contribution is -2.37. The van der Waals surface area contributed by atoms with Gasteiger partial charge < -0.3 is 18.9 Å². The maximum Gasteiger partial charge on any atom is 0.472 e. The number of hydrogen-bond donors (Lipinski definition) is 1. The van der Waals surface area contributed by atoms with Gasteiger partial charge in [-0.05, 0) is 103 Å². The topological polar surface area (TPSA) is 108 Å². The van der Waals surface area contributed by atoms with Crippen molar-refractivity contribution in [1.82, 2.24) is 0 Å². The molecule has 10 heteroatoms. The third-order valence-corrected chi connectivity index (χ3v) is 11.6. The lowest BCUT2D eigenvalue weighted by atomic mass is 10.1. The molecule has 0 bridgehead atoms. The van der Waals surface area contributed by atoms with E-state index in [-0.39, 0.29) is 26.1 Å². The number of unbranched alkanes of at least 4 members (excludes halogenated alkanes) is 8. The molecule has 9 nitrogen and oxygen atoms in total. The summed E-state index contributed by atoms with van der Waals surface area (Å²) in [4.78, 5) is 35.5. The van der Waals surface area contributed by atoms with Gasteiger partial charge in [0, 0.05) is 6.42 Å². The molecule has 2 unspecified atom stereocenters. The number of quaternary nitrogens is 1.